The zero-order valence-corrected chi connectivity index (χ0v) is 20.4. The highest BCUT2D eigenvalue weighted by atomic mass is 16.8. The Hall–Kier alpha value is -4.63. The summed E-state index contributed by atoms with van der Waals surface area (Å²) in [5.41, 5.74) is 0.571. The number of aliphatic hydroxyl groups excluding tert-OH is 2. The number of fused-ring (bicyclic) bond motifs is 2. The fraction of sp³-hybridized carbons (Fsp3) is 0.269. The number of hydrogen-bond acceptors (Lipinski definition) is 13. The van der Waals surface area contributed by atoms with Crippen molar-refractivity contribution in [3.8, 4) is 23.0 Å². The number of aliphatic hydroxyl groups is 2. The summed E-state index contributed by atoms with van der Waals surface area (Å²) in [5, 5.41) is 68.4. The van der Waals surface area contributed by atoms with Gasteiger partial charge in [0.1, 0.15) is 12.2 Å². The van der Waals surface area contributed by atoms with E-state index in [1.165, 1.54) is 36.4 Å². The Balaban J connectivity index is 1.58. The number of benzene rings is 2. The van der Waals surface area contributed by atoms with E-state index in [4.69, 9.17) is 18.9 Å². The van der Waals surface area contributed by atoms with Gasteiger partial charge in [0.25, 0.3) is 0 Å². The molecule has 14 heteroatoms. The van der Waals surface area contributed by atoms with Crippen molar-refractivity contribution in [3.63, 3.8) is 0 Å². The summed E-state index contributed by atoms with van der Waals surface area (Å²) in [5.74, 6) is -8.37. The molecule has 2 heterocycles. The first-order chi connectivity index (χ1) is 18.9. The maximum Gasteiger partial charge on any atom is 0.367 e. The van der Waals surface area contributed by atoms with E-state index < -0.39 is 72.3 Å². The van der Waals surface area contributed by atoms with Crippen molar-refractivity contribution in [2.75, 3.05) is 6.61 Å². The topological polar surface area (TPSA) is 230 Å². The molecule has 2 aliphatic rings. The van der Waals surface area contributed by atoms with E-state index in [9.17, 15) is 50.1 Å². The fourth-order valence-electron chi connectivity index (χ4n) is 4.20. The average Bonchev–Trinajstić information content (AvgIpc) is 3.29. The van der Waals surface area contributed by atoms with E-state index in [0.717, 1.165) is 24.3 Å². The summed E-state index contributed by atoms with van der Waals surface area (Å²) in [6, 6.07) is 7.40. The Morgan fingerprint density at radius 1 is 0.800 bits per heavy atom. The second-order valence-corrected chi connectivity index (χ2v) is 8.80. The van der Waals surface area contributed by atoms with Gasteiger partial charge in [-0.15, -0.1) is 0 Å². The number of aliphatic carboxylic acids is 1. The number of carboxylic acids is 1. The minimum absolute atomic E-state index is 0.277. The van der Waals surface area contributed by atoms with Gasteiger partial charge in [0.05, 0.1) is 6.61 Å². The lowest BCUT2D eigenvalue weighted by Gasteiger charge is -2.41. The maximum absolute atomic E-state index is 12.7. The standard InChI is InChI=1S/C26H24O14/c27-11-18-21-22(37-19(32)7-3-12-1-5-14(28)16(30)9-12)23(24(34)26(39-18,40-21)25(35)36)38-20(33)8-4-13-2-6-15(29)17(31)10-13/h1-10,18,21-24,27-31,34H,11H2,(H,35,36). The van der Waals surface area contributed by atoms with Crippen LogP contribution in [0.3, 0.4) is 0 Å². The second kappa shape index (κ2) is 11.2. The lowest BCUT2D eigenvalue weighted by Crippen LogP contribution is -2.65. The van der Waals surface area contributed by atoms with Crippen LogP contribution in [0.1, 0.15) is 11.1 Å². The van der Waals surface area contributed by atoms with Crippen LogP contribution >= 0.6 is 0 Å². The summed E-state index contributed by atoms with van der Waals surface area (Å²) in [6.45, 7) is -0.798. The summed E-state index contributed by atoms with van der Waals surface area (Å²) in [4.78, 5) is 37.3. The first-order valence-electron chi connectivity index (χ1n) is 11.6. The van der Waals surface area contributed by atoms with Crippen LogP contribution in [0.5, 0.6) is 23.0 Å². The van der Waals surface area contributed by atoms with E-state index >= 15 is 0 Å². The normalized spacial score (nSPS) is 27.6. The quantitative estimate of drug-likeness (QED) is 0.128. The molecule has 2 bridgehead atoms. The minimum Gasteiger partial charge on any atom is -0.504 e. The van der Waals surface area contributed by atoms with Gasteiger partial charge in [0, 0.05) is 12.2 Å². The number of phenols is 4. The Morgan fingerprint density at radius 3 is 1.75 bits per heavy atom. The van der Waals surface area contributed by atoms with Crippen molar-refractivity contribution in [3.05, 3.63) is 59.7 Å². The highest BCUT2D eigenvalue weighted by Gasteiger charge is 2.69. The van der Waals surface area contributed by atoms with E-state index in [1.54, 1.807) is 0 Å². The predicted octanol–water partition coefficient (Wildman–Crippen LogP) is -0.00910. The molecular formula is C26H24O14. The summed E-state index contributed by atoms with van der Waals surface area (Å²) in [7, 11) is 0. The fourth-order valence-corrected chi connectivity index (χ4v) is 4.20. The molecular weight excluding hydrogens is 536 g/mol. The zero-order chi connectivity index (χ0) is 29.2. The molecule has 0 spiro atoms. The lowest BCUT2D eigenvalue weighted by molar-refractivity contribution is -0.292. The minimum atomic E-state index is -2.74. The van der Waals surface area contributed by atoms with Crippen LogP contribution < -0.4 is 0 Å². The molecule has 0 radical (unpaired) electrons. The Kier molecular flexibility index (Phi) is 7.97. The van der Waals surface area contributed by atoms with Crippen LogP contribution in [0.25, 0.3) is 12.2 Å². The number of aromatic hydroxyl groups is 4. The van der Waals surface area contributed by atoms with Gasteiger partial charge in [0.2, 0.25) is 0 Å². The number of hydrogen-bond donors (Lipinski definition) is 7. The Bertz CT molecular complexity index is 1370. The van der Waals surface area contributed by atoms with Gasteiger partial charge in [-0.1, -0.05) is 12.1 Å². The molecule has 7 N–H and O–H groups in total. The van der Waals surface area contributed by atoms with Crippen molar-refractivity contribution < 1.29 is 69.1 Å². The molecule has 0 saturated carbocycles. The van der Waals surface area contributed by atoms with Gasteiger partial charge in [-0.3, -0.25) is 0 Å². The van der Waals surface area contributed by atoms with Gasteiger partial charge in [0.15, 0.2) is 41.3 Å². The third kappa shape index (κ3) is 5.55. The third-order valence-corrected chi connectivity index (χ3v) is 6.16. The van der Waals surface area contributed by atoms with Crippen LogP contribution in [-0.4, -0.2) is 96.6 Å². The van der Waals surface area contributed by atoms with E-state index in [-0.39, 0.29) is 17.1 Å². The molecule has 212 valence electrons. The van der Waals surface area contributed by atoms with Crippen molar-refractivity contribution in [1.29, 1.82) is 0 Å². The van der Waals surface area contributed by atoms with Crippen molar-refractivity contribution in [1.82, 2.24) is 0 Å². The summed E-state index contributed by atoms with van der Waals surface area (Å²) < 4.78 is 21.3. The molecule has 6 unspecified atom stereocenters. The van der Waals surface area contributed by atoms with Crippen molar-refractivity contribution in [2.24, 2.45) is 0 Å². The lowest BCUT2D eigenvalue weighted by atomic mass is 9.92. The van der Waals surface area contributed by atoms with Gasteiger partial charge < -0.3 is 54.7 Å². The number of rotatable bonds is 8. The van der Waals surface area contributed by atoms with Gasteiger partial charge >= 0.3 is 23.7 Å². The molecule has 4 rings (SSSR count). The van der Waals surface area contributed by atoms with Crippen molar-refractivity contribution in [2.45, 2.75) is 36.3 Å². The third-order valence-electron chi connectivity index (χ3n) is 6.16. The Morgan fingerprint density at radius 2 is 1.30 bits per heavy atom. The zero-order valence-electron chi connectivity index (χ0n) is 20.4. The highest BCUT2D eigenvalue weighted by molar-refractivity contribution is 5.88. The second-order valence-electron chi connectivity index (χ2n) is 8.80. The number of carbonyl (C=O) groups is 3. The van der Waals surface area contributed by atoms with Crippen LogP contribution in [0, 0.1) is 0 Å². The number of carbonyl (C=O) groups excluding carboxylic acids is 2. The summed E-state index contributed by atoms with van der Waals surface area (Å²) >= 11 is 0. The molecule has 14 nitrogen and oxygen atoms in total. The molecule has 0 amide bonds. The van der Waals surface area contributed by atoms with E-state index in [1.807, 2.05) is 0 Å². The first-order valence-corrected chi connectivity index (χ1v) is 11.6. The van der Waals surface area contributed by atoms with Gasteiger partial charge in [-0.25, -0.2) is 14.4 Å². The highest BCUT2D eigenvalue weighted by Crippen LogP contribution is 2.43. The molecule has 2 aromatic carbocycles. The van der Waals surface area contributed by atoms with Crippen molar-refractivity contribution >= 4 is 30.1 Å². The molecule has 2 aromatic rings. The SMILES string of the molecule is O=C(C=Cc1ccc(O)c(O)c1)OC1C2OC(C(=O)O)(OC2CO)C(O)C1OC(=O)C=Cc1ccc(O)c(O)c1. The molecule has 40 heavy (non-hydrogen) atoms. The molecule has 2 saturated heterocycles. The molecule has 2 fully saturated rings. The van der Waals surface area contributed by atoms with Crippen LogP contribution in [0.2, 0.25) is 0 Å². The largest absolute Gasteiger partial charge is 0.504 e. The molecule has 2 aliphatic heterocycles. The smallest absolute Gasteiger partial charge is 0.367 e. The predicted molar refractivity (Wildman–Crippen MR) is 131 cm³/mol. The molecule has 6 atom stereocenters. The van der Waals surface area contributed by atoms with Crippen LogP contribution in [0.4, 0.5) is 0 Å². The summed E-state index contributed by atoms with van der Waals surface area (Å²) in [6.07, 6.45) is -4.37. The van der Waals surface area contributed by atoms with E-state index in [2.05, 4.69) is 0 Å². The average molecular weight is 560 g/mol. The number of esters is 2. The number of carboxylic acid groups (broad SMARTS) is 1. The van der Waals surface area contributed by atoms with Crippen LogP contribution in [0.15, 0.2) is 48.6 Å². The first kappa shape index (κ1) is 28.4. The monoisotopic (exact) mass is 560 g/mol. The number of ether oxygens (including phenoxy) is 4. The van der Waals surface area contributed by atoms with E-state index in [0.29, 0.717) is 5.56 Å². The number of phenolic OH excluding ortho intramolecular Hbond substituents is 4. The maximum atomic E-state index is 12.7. The Labute approximate surface area is 225 Å². The molecule has 0 aromatic heterocycles. The van der Waals surface area contributed by atoms with Crippen LogP contribution in [-0.2, 0) is 33.3 Å². The molecule has 0 aliphatic carbocycles. The van der Waals surface area contributed by atoms with Gasteiger partial charge in [-0.2, -0.15) is 0 Å². The van der Waals surface area contributed by atoms with Gasteiger partial charge in [-0.05, 0) is 47.5 Å².